The smallest absolute Gasteiger partial charge is 0.237 e. The van der Waals surface area contributed by atoms with E-state index in [0.717, 1.165) is 11.1 Å². The molecule has 0 aromatic heterocycles. The largest absolute Gasteiger partial charge is 0.332 e. The number of hydrogen-bond acceptors (Lipinski definition) is 4. The first-order valence-electron chi connectivity index (χ1n) is 10.8. The Hall–Kier alpha value is -2.29. The fourth-order valence-corrected chi connectivity index (χ4v) is 5.35. The summed E-state index contributed by atoms with van der Waals surface area (Å²) in [6, 6.07) is 15.4. The third-order valence-corrected chi connectivity index (χ3v) is 7.47. The first-order valence-corrected chi connectivity index (χ1v) is 12.4. The molecular weight excluding hydrogens is 429 g/mol. The van der Waals surface area contributed by atoms with Gasteiger partial charge in [-0.15, -0.1) is 0 Å². The van der Waals surface area contributed by atoms with Crippen molar-refractivity contribution in [3.05, 3.63) is 71.5 Å². The van der Waals surface area contributed by atoms with E-state index in [1.807, 2.05) is 62.1 Å². The Kier molecular flexibility index (Phi) is 7.69. The molecule has 1 aliphatic rings. The zero-order valence-electron chi connectivity index (χ0n) is 19.0. The van der Waals surface area contributed by atoms with E-state index in [-0.39, 0.29) is 24.0 Å². The maximum Gasteiger partial charge on any atom is 0.237 e. The van der Waals surface area contributed by atoms with Crippen LogP contribution in [0.5, 0.6) is 0 Å². The van der Waals surface area contributed by atoms with Gasteiger partial charge >= 0.3 is 0 Å². The van der Waals surface area contributed by atoms with Crippen LogP contribution in [0.15, 0.2) is 54.6 Å². The fraction of sp³-hybridized carbons (Fsp3) is 0.458. The van der Waals surface area contributed by atoms with Gasteiger partial charge in [-0.3, -0.25) is 9.69 Å². The van der Waals surface area contributed by atoms with Crippen molar-refractivity contribution in [1.29, 1.82) is 0 Å². The van der Waals surface area contributed by atoms with Crippen molar-refractivity contribution in [3.8, 4) is 0 Å². The quantitative estimate of drug-likeness (QED) is 0.636. The van der Waals surface area contributed by atoms with Crippen LogP contribution in [0.4, 0.5) is 4.39 Å². The normalized spacial score (nSPS) is 16.1. The molecule has 1 heterocycles. The summed E-state index contributed by atoms with van der Waals surface area (Å²) in [6.07, 6.45) is 0. The standard InChI is InChI=1S/C24H32FN3O3S/c1-24(2,3)28(17-21-10-7-11-22(25)16-21)23(29)18-26-12-14-27(15-13-26)32(30,31)19-20-8-5-4-6-9-20/h4-11,16H,12-15,17-19H2,1-3H3. The first-order chi connectivity index (χ1) is 15.0. The molecular formula is C24H32FN3O3S. The second-order valence-corrected chi connectivity index (χ2v) is 11.2. The van der Waals surface area contributed by atoms with Gasteiger partial charge in [0, 0.05) is 38.3 Å². The van der Waals surface area contributed by atoms with Crippen molar-refractivity contribution in [1.82, 2.24) is 14.1 Å². The molecule has 3 rings (SSSR count). The molecule has 0 saturated carbocycles. The van der Waals surface area contributed by atoms with Crippen molar-refractivity contribution in [2.75, 3.05) is 32.7 Å². The fourth-order valence-electron chi connectivity index (χ4n) is 3.84. The first kappa shape index (κ1) is 24.4. The van der Waals surface area contributed by atoms with Gasteiger partial charge in [0.15, 0.2) is 0 Å². The molecule has 2 aromatic carbocycles. The van der Waals surface area contributed by atoms with Crippen LogP contribution in [-0.4, -0.2) is 66.7 Å². The molecule has 174 valence electrons. The highest BCUT2D eigenvalue weighted by molar-refractivity contribution is 7.88. The number of rotatable bonds is 7. The predicted octanol–water partition coefficient (Wildman–Crippen LogP) is 3.10. The number of sulfonamides is 1. The van der Waals surface area contributed by atoms with Crippen LogP contribution < -0.4 is 0 Å². The highest BCUT2D eigenvalue weighted by atomic mass is 32.2. The van der Waals surface area contributed by atoms with Crippen LogP contribution in [0.1, 0.15) is 31.9 Å². The highest BCUT2D eigenvalue weighted by Crippen LogP contribution is 2.20. The minimum Gasteiger partial charge on any atom is -0.332 e. The lowest BCUT2D eigenvalue weighted by molar-refractivity contribution is -0.138. The molecule has 0 aliphatic carbocycles. The zero-order chi connectivity index (χ0) is 23.4. The molecule has 1 amide bonds. The number of carbonyl (C=O) groups is 1. The molecule has 0 N–H and O–H groups in total. The van der Waals surface area contributed by atoms with Crippen molar-refractivity contribution in [2.45, 2.75) is 38.6 Å². The molecule has 6 nitrogen and oxygen atoms in total. The van der Waals surface area contributed by atoms with Gasteiger partial charge < -0.3 is 4.90 Å². The molecule has 32 heavy (non-hydrogen) atoms. The van der Waals surface area contributed by atoms with Crippen molar-refractivity contribution < 1.29 is 17.6 Å². The summed E-state index contributed by atoms with van der Waals surface area (Å²) in [4.78, 5) is 16.9. The Labute approximate surface area is 190 Å². The molecule has 2 aromatic rings. The van der Waals surface area contributed by atoms with Gasteiger partial charge in [0.25, 0.3) is 0 Å². The van der Waals surface area contributed by atoms with Crippen molar-refractivity contribution in [2.24, 2.45) is 0 Å². The molecule has 0 unspecified atom stereocenters. The SMILES string of the molecule is CC(C)(C)N(Cc1cccc(F)c1)C(=O)CN1CCN(S(=O)(=O)Cc2ccccc2)CC1. The summed E-state index contributed by atoms with van der Waals surface area (Å²) in [5.41, 5.74) is 1.08. The molecule has 1 fully saturated rings. The summed E-state index contributed by atoms with van der Waals surface area (Å²) < 4.78 is 40.6. The average molecular weight is 462 g/mol. The van der Waals surface area contributed by atoms with Crippen molar-refractivity contribution >= 4 is 15.9 Å². The second kappa shape index (κ2) is 10.1. The number of nitrogens with zero attached hydrogens (tertiary/aromatic N) is 3. The number of benzene rings is 2. The molecule has 0 atom stereocenters. The minimum atomic E-state index is -3.40. The monoisotopic (exact) mass is 461 g/mol. The number of amides is 1. The number of hydrogen-bond donors (Lipinski definition) is 0. The van der Waals surface area contributed by atoms with Crippen LogP contribution in [0, 0.1) is 5.82 Å². The Morgan fingerprint density at radius 2 is 1.59 bits per heavy atom. The van der Waals surface area contributed by atoms with Gasteiger partial charge in [0.1, 0.15) is 5.82 Å². The summed E-state index contributed by atoms with van der Waals surface area (Å²) in [7, 11) is -3.40. The van der Waals surface area contributed by atoms with E-state index in [1.165, 1.54) is 16.4 Å². The van der Waals surface area contributed by atoms with Crippen LogP contribution in [0.3, 0.4) is 0 Å². The molecule has 0 radical (unpaired) electrons. The zero-order valence-corrected chi connectivity index (χ0v) is 19.8. The van der Waals surface area contributed by atoms with E-state index >= 15 is 0 Å². The van der Waals surface area contributed by atoms with E-state index in [0.29, 0.717) is 32.7 Å². The van der Waals surface area contributed by atoms with E-state index in [1.54, 1.807) is 11.0 Å². The van der Waals surface area contributed by atoms with Crippen molar-refractivity contribution in [3.63, 3.8) is 0 Å². The van der Waals surface area contributed by atoms with Gasteiger partial charge in [-0.25, -0.2) is 12.8 Å². The summed E-state index contributed by atoms with van der Waals surface area (Å²) in [5, 5.41) is 0. The predicted molar refractivity (Wildman–Crippen MR) is 124 cm³/mol. The summed E-state index contributed by atoms with van der Waals surface area (Å²) in [6.45, 7) is 8.12. The van der Waals surface area contributed by atoms with E-state index in [4.69, 9.17) is 0 Å². The van der Waals surface area contributed by atoms with Gasteiger partial charge in [-0.05, 0) is 44.0 Å². The number of halogens is 1. The van der Waals surface area contributed by atoms with Crippen LogP contribution in [0.25, 0.3) is 0 Å². The topological polar surface area (TPSA) is 60.9 Å². The second-order valence-electron chi connectivity index (χ2n) is 9.20. The van der Waals surface area contributed by atoms with Crippen LogP contribution >= 0.6 is 0 Å². The van der Waals surface area contributed by atoms with E-state index < -0.39 is 15.6 Å². The molecule has 8 heteroatoms. The summed E-state index contributed by atoms with van der Waals surface area (Å²) >= 11 is 0. The maximum absolute atomic E-state index is 13.6. The summed E-state index contributed by atoms with van der Waals surface area (Å²) in [5.74, 6) is -0.392. The van der Waals surface area contributed by atoms with Gasteiger partial charge in [-0.2, -0.15) is 4.31 Å². The number of piperazine rings is 1. The molecule has 1 aliphatic heterocycles. The lowest BCUT2D eigenvalue weighted by Crippen LogP contribution is -2.54. The van der Waals surface area contributed by atoms with Gasteiger partial charge in [-0.1, -0.05) is 42.5 Å². The lowest BCUT2D eigenvalue weighted by Gasteiger charge is -2.39. The third kappa shape index (κ3) is 6.60. The van der Waals surface area contributed by atoms with Crippen LogP contribution in [0.2, 0.25) is 0 Å². The average Bonchev–Trinajstić information content (AvgIpc) is 2.72. The Bertz CT molecular complexity index is 1010. The highest BCUT2D eigenvalue weighted by Gasteiger charge is 2.31. The molecule has 0 spiro atoms. The van der Waals surface area contributed by atoms with Gasteiger partial charge in [0.05, 0.1) is 12.3 Å². The Balaban J connectivity index is 1.58. The van der Waals surface area contributed by atoms with E-state index in [2.05, 4.69) is 0 Å². The minimum absolute atomic E-state index is 0.0157. The Morgan fingerprint density at radius 1 is 0.969 bits per heavy atom. The van der Waals surface area contributed by atoms with E-state index in [9.17, 15) is 17.6 Å². The molecule has 1 saturated heterocycles. The number of carbonyl (C=O) groups excluding carboxylic acids is 1. The maximum atomic E-state index is 13.6. The lowest BCUT2D eigenvalue weighted by atomic mass is 10.0. The molecule has 0 bridgehead atoms. The third-order valence-electron chi connectivity index (χ3n) is 5.62. The van der Waals surface area contributed by atoms with Gasteiger partial charge in [0.2, 0.25) is 15.9 Å². The Morgan fingerprint density at radius 3 is 2.19 bits per heavy atom. The van der Waals surface area contributed by atoms with Crippen LogP contribution in [-0.2, 0) is 27.1 Å².